The molecule has 0 atom stereocenters. The van der Waals surface area contributed by atoms with Gasteiger partial charge in [-0.15, -0.1) is 0 Å². The van der Waals surface area contributed by atoms with Crippen LogP contribution in [0.25, 0.3) is 10.9 Å². The molecule has 0 radical (unpaired) electrons. The molecule has 4 rings (SSSR count). The number of carbonyl (C=O) groups is 3. The molecule has 0 aliphatic heterocycles. The van der Waals surface area contributed by atoms with Crippen LogP contribution in [0.1, 0.15) is 16.1 Å². The molecule has 0 spiro atoms. The summed E-state index contributed by atoms with van der Waals surface area (Å²) >= 11 is 0. The molecule has 3 aromatic carbocycles. The minimum absolute atomic E-state index is 0.221. The monoisotopic (exact) mass is 383 g/mol. The lowest BCUT2D eigenvalue weighted by atomic mass is 10.1. The fraction of sp³-hybridized carbons (Fsp3) is 0. The van der Waals surface area contributed by atoms with Crippen LogP contribution in [-0.2, 0) is 9.59 Å². The van der Waals surface area contributed by atoms with Crippen molar-refractivity contribution in [1.29, 1.82) is 0 Å². The maximum Gasteiger partial charge on any atom is 0.314 e. The third-order valence-corrected chi connectivity index (χ3v) is 4.45. The van der Waals surface area contributed by atoms with Crippen LogP contribution in [0.15, 0.2) is 84.9 Å². The second-order valence-electron chi connectivity index (χ2n) is 6.39. The molecule has 0 aliphatic carbocycles. The number of anilines is 2. The molecule has 1 heterocycles. The number of aromatic amines is 1. The molecular formula is C23H17N3O3. The third-order valence-electron chi connectivity index (χ3n) is 4.45. The quantitative estimate of drug-likeness (QED) is 0.368. The van der Waals surface area contributed by atoms with Crippen molar-refractivity contribution >= 4 is 39.9 Å². The number of rotatable bonds is 4. The Morgan fingerprint density at radius 2 is 1.24 bits per heavy atom. The summed E-state index contributed by atoms with van der Waals surface area (Å²) in [6, 6.07) is 24.6. The van der Waals surface area contributed by atoms with Gasteiger partial charge < -0.3 is 15.6 Å². The predicted octanol–water partition coefficient (Wildman–Crippen LogP) is 3.98. The number of carbonyl (C=O) groups excluding carboxylic acids is 3. The van der Waals surface area contributed by atoms with Gasteiger partial charge in [0.25, 0.3) is 0 Å². The minimum Gasteiger partial charge on any atom is -0.350 e. The summed E-state index contributed by atoms with van der Waals surface area (Å²) in [6.45, 7) is 0. The summed E-state index contributed by atoms with van der Waals surface area (Å²) in [6.07, 6.45) is 0. The lowest BCUT2D eigenvalue weighted by Gasteiger charge is -2.08. The highest BCUT2D eigenvalue weighted by atomic mass is 16.2. The number of hydrogen-bond acceptors (Lipinski definition) is 3. The summed E-state index contributed by atoms with van der Waals surface area (Å²) in [4.78, 5) is 40.9. The van der Waals surface area contributed by atoms with E-state index in [4.69, 9.17) is 0 Å². The van der Waals surface area contributed by atoms with Crippen molar-refractivity contribution in [3.63, 3.8) is 0 Å². The fourth-order valence-electron chi connectivity index (χ4n) is 3.06. The van der Waals surface area contributed by atoms with Crippen LogP contribution in [0.4, 0.5) is 11.4 Å². The molecule has 6 nitrogen and oxygen atoms in total. The summed E-state index contributed by atoms with van der Waals surface area (Å²) in [5.74, 6) is -1.96. The van der Waals surface area contributed by atoms with Crippen LogP contribution >= 0.6 is 0 Å². The molecule has 0 saturated heterocycles. The number of hydrogen-bond donors (Lipinski definition) is 3. The van der Waals surface area contributed by atoms with Gasteiger partial charge in [0.2, 0.25) is 5.78 Å². The molecule has 2 amide bonds. The van der Waals surface area contributed by atoms with Crippen molar-refractivity contribution < 1.29 is 14.4 Å². The van der Waals surface area contributed by atoms with Gasteiger partial charge in [-0.05, 0) is 18.2 Å². The zero-order valence-corrected chi connectivity index (χ0v) is 15.3. The van der Waals surface area contributed by atoms with Gasteiger partial charge in [-0.3, -0.25) is 14.4 Å². The van der Waals surface area contributed by atoms with Crippen LogP contribution in [0.2, 0.25) is 0 Å². The highest BCUT2D eigenvalue weighted by Gasteiger charge is 2.23. The molecule has 6 heteroatoms. The molecule has 4 aromatic rings. The second-order valence-corrected chi connectivity index (χ2v) is 6.39. The van der Waals surface area contributed by atoms with Crippen LogP contribution in [-0.4, -0.2) is 22.6 Å². The first-order valence-corrected chi connectivity index (χ1v) is 9.01. The normalized spacial score (nSPS) is 10.5. The molecule has 29 heavy (non-hydrogen) atoms. The molecule has 1 aromatic heterocycles. The van der Waals surface area contributed by atoms with Crippen molar-refractivity contribution in [3.8, 4) is 0 Å². The van der Waals surface area contributed by atoms with Crippen LogP contribution in [0, 0.1) is 0 Å². The summed E-state index contributed by atoms with van der Waals surface area (Å²) < 4.78 is 0. The average Bonchev–Trinajstić information content (AvgIpc) is 3.13. The minimum atomic E-state index is -0.860. The highest BCUT2D eigenvalue weighted by molar-refractivity contribution is 6.44. The van der Waals surface area contributed by atoms with Gasteiger partial charge in [0.15, 0.2) is 0 Å². The molecule has 3 N–H and O–H groups in total. The summed E-state index contributed by atoms with van der Waals surface area (Å²) in [5.41, 5.74) is 2.17. The van der Waals surface area contributed by atoms with E-state index in [1.54, 1.807) is 66.7 Å². The van der Waals surface area contributed by atoms with Gasteiger partial charge in [-0.25, -0.2) is 0 Å². The van der Waals surface area contributed by atoms with Crippen molar-refractivity contribution in [2.24, 2.45) is 0 Å². The first-order valence-electron chi connectivity index (χ1n) is 9.01. The van der Waals surface area contributed by atoms with E-state index in [1.807, 2.05) is 18.2 Å². The number of fused-ring (bicyclic) bond motifs is 1. The van der Waals surface area contributed by atoms with Gasteiger partial charge in [-0.1, -0.05) is 66.7 Å². The van der Waals surface area contributed by atoms with Gasteiger partial charge >= 0.3 is 11.8 Å². The van der Waals surface area contributed by atoms with Crippen molar-refractivity contribution in [1.82, 2.24) is 4.98 Å². The van der Waals surface area contributed by atoms with Crippen molar-refractivity contribution in [2.75, 3.05) is 10.6 Å². The standard InChI is InChI=1S/C23H17N3O3/c27-21(15-9-3-1-4-10-15)20-19(17-13-7-8-14-18(17)25-20)26-23(29)22(28)24-16-11-5-2-6-12-16/h1-14,25H,(H,24,28)(H,26,29). The first kappa shape index (κ1) is 18.2. The molecule has 0 aliphatic rings. The van der Waals surface area contributed by atoms with Gasteiger partial charge in [0.1, 0.15) is 5.69 Å². The van der Waals surface area contributed by atoms with Crippen LogP contribution < -0.4 is 10.6 Å². The lowest BCUT2D eigenvalue weighted by molar-refractivity contribution is -0.132. The molecule has 0 bridgehead atoms. The molecule has 142 valence electrons. The summed E-state index contributed by atoms with van der Waals surface area (Å²) in [7, 11) is 0. The smallest absolute Gasteiger partial charge is 0.314 e. The average molecular weight is 383 g/mol. The van der Waals surface area contributed by atoms with Crippen molar-refractivity contribution in [3.05, 3.63) is 96.2 Å². The van der Waals surface area contributed by atoms with E-state index in [1.165, 1.54) is 0 Å². The SMILES string of the molecule is O=C(Nc1ccccc1)C(=O)Nc1c(C(=O)c2ccccc2)[nH]c2ccccc12. The van der Waals surface area contributed by atoms with E-state index in [2.05, 4.69) is 15.6 Å². The molecule has 0 saturated carbocycles. The zero-order valence-electron chi connectivity index (χ0n) is 15.3. The van der Waals surface area contributed by atoms with E-state index in [9.17, 15) is 14.4 Å². The lowest BCUT2D eigenvalue weighted by Crippen LogP contribution is -2.29. The summed E-state index contributed by atoms with van der Waals surface area (Å²) in [5, 5.41) is 5.78. The number of benzene rings is 3. The number of amides is 2. The number of ketones is 1. The fourth-order valence-corrected chi connectivity index (χ4v) is 3.06. The Bertz CT molecular complexity index is 1200. The van der Waals surface area contributed by atoms with E-state index in [0.29, 0.717) is 22.2 Å². The van der Waals surface area contributed by atoms with E-state index >= 15 is 0 Å². The van der Waals surface area contributed by atoms with E-state index < -0.39 is 11.8 Å². The number of H-pyrrole nitrogens is 1. The van der Waals surface area contributed by atoms with Gasteiger partial charge in [-0.2, -0.15) is 0 Å². The highest BCUT2D eigenvalue weighted by Crippen LogP contribution is 2.29. The van der Waals surface area contributed by atoms with Crippen molar-refractivity contribution in [2.45, 2.75) is 0 Å². The second kappa shape index (κ2) is 7.82. The topological polar surface area (TPSA) is 91.1 Å². The Morgan fingerprint density at radius 1 is 0.655 bits per heavy atom. The Hall–Kier alpha value is -4.19. The molecular weight excluding hydrogens is 366 g/mol. The van der Waals surface area contributed by atoms with Gasteiger partial charge in [0.05, 0.1) is 5.69 Å². The third kappa shape index (κ3) is 3.77. The molecule has 0 unspecified atom stereocenters. The maximum atomic E-state index is 13.0. The van der Waals surface area contributed by atoms with Gasteiger partial charge in [0, 0.05) is 22.2 Å². The first-order chi connectivity index (χ1) is 14.1. The molecule has 0 fully saturated rings. The largest absolute Gasteiger partial charge is 0.350 e. The number of aromatic nitrogens is 1. The predicted molar refractivity (Wildman–Crippen MR) is 112 cm³/mol. The Morgan fingerprint density at radius 3 is 1.97 bits per heavy atom. The number of para-hydroxylation sites is 2. The maximum absolute atomic E-state index is 13.0. The zero-order chi connectivity index (χ0) is 20.2. The Balaban J connectivity index is 1.66. The van der Waals surface area contributed by atoms with E-state index in [-0.39, 0.29) is 17.2 Å². The number of nitrogens with one attached hydrogen (secondary N) is 3. The van der Waals surface area contributed by atoms with E-state index in [0.717, 1.165) is 0 Å². The Labute approximate surface area is 166 Å². The van der Waals surface area contributed by atoms with Crippen LogP contribution in [0.5, 0.6) is 0 Å². The Kier molecular flexibility index (Phi) is 4.90. The van der Waals surface area contributed by atoms with Crippen LogP contribution in [0.3, 0.4) is 0 Å².